The van der Waals surface area contributed by atoms with Gasteiger partial charge in [0.05, 0.1) is 6.61 Å². The number of nitrogens with two attached hydrogens (primary N) is 1. The number of hydrogen-bond donors (Lipinski definition) is 2. The number of amides is 1. The van der Waals surface area contributed by atoms with Gasteiger partial charge in [-0.3, -0.25) is 10.2 Å². The summed E-state index contributed by atoms with van der Waals surface area (Å²) in [5.41, 5.74) is 3.71. The van der Waals surface area contributed by atoms with Crippen molar-refractivity contribution in [2.24, 2.45) is 11.8 Å². The molecule has 0 bridgehead atoms. The molecule has 1 aliphatic carbocycles. The molecule has 1 aromatic rings. The molecule has 1 aliphatic rings. The molecule has 1 amide bonds. The van der Waals surface area contributed by atoms with Crippen LogP contribution in [0.5, 0.6) is 0 Å². The fourth-order valence-corrected chi connectivity index (χ4v) is 2.41. The molecule has 0 aromatic heterocycles. The highest BCUT2D eigenvalue weighted by Crippen LogP contribution is 2.25. The minimum atomic E-state index is -0.271. The van der Waals surface area contributed by atoms with Gasteiger partial charge in [0.2, 0.25) is 0 Å². The number of hydrazine groups is 1. The average molecular weight is 248 g/mol. The first-order valence-electron chi connectivity index (χ1n) is 6.47. The third kappa shape index (κ3) is 3.55. The van der Waals surface area contributed by atoms with Crippen LogP contribution in [0.4, 0.5) is 0 Å². The third-order valence-corrected chi connectivity index (χ3v) is 3.42. The van der Waals surface area contributed by atoms with E-state index in [-0.39, 0.29) is 5.91 Å². The zero-order valence-corrected chi connectivity index (χ0v) is 10.5. The van der Waals surface area contributed by atoms with E-state index in [4.69, 9.17) is 10.6 Å². The van der Waals surface area contributed by atoms with E-state index >= 15 is 0 Å². The number of hydrogen-bond acceptors (Lipinski definition) is 3. The van der Waals surface area contributed by atoms with Crippen molar-refractivity contribution in [3.63, 3.8) is 0 Å². The van der Waals surface area contributed by atoms with Crippen LogP contribution in [-0.2, 0) is 11.3 Å². The van der Waals surface area contributed by atoms with Crippen molar-refractivity contribution < 1.29 is 9.53 Å². The summed E-state index contributed by atoms with van der Waals surface area (Å²) in [6, 6.07) is 7.36. The van der Waals surface area contributed by atoms with Gasteiger partial charge in [0.25, 0.3) is 5.91 Å². The molecule has 0 atom stereocenters. The van der Waals surface area contributed by atoms with Crippen molar-refractivity contribution in [3.05, 3.63) is 35.4 Å². The quantitative estimate of drug-likeness (QED) is 0.476. The summed E-state index contributed by atoms with van der Waals surface area (Å²) >= 11 is 0. The normalized spacial score (nSPS) is 15.8. The summed E-state index contributed by atoms with van der Waals surface area (Å²) in [6.45, 7) is 1.38. The predicted molar refractivity (Wildman–Crippen MR) is 69.7 cm³/mol. The monoisotopic (exact) mass is 248 g/mol. The van der Waals surface area contributed by atoms with Crippen molar-refractivity contribution in [1.29, 1.82) is 0 Å². The molecule has 1 saturated carbocycles. The topological polar surface area (TPSA) is 64.3 Å². The summed E-state index contributed by atoms with van der Waals surface area (Å²) in [7, 11) is 0. The number of rotatable bonds is 5. The van der Waals surface area contributed by atoms with Crippen LogP contribution < -0.4 is 11.3 Å². The molecule has 0 saturated heterocycles. The van der Waals surface area contributed by atoms with E-state index in [2.05, 4.69) is 5.43 Å². The van der Waals surface area contributed by atoms with Gasteiger partial charge in [-0.25, -0.2) is 5.84 Å². The van der Waals surface area contributed by atoms with E-state index in [1.165, 1.54) is 25.7 Å². The number of carbonyl (C=O) groups excluding carboxylic acids is 1. The van der Waals surface area contributed by atoms with Crippen LogP contribution in [0.3, 0.4) is 0 Å². The van der Waals surface area contributed by atoms with Gasteiger partial charge in [-0.15, -0.1) is 0 Å². The number of benzene rings is 1. The van der Waals surface area contributed by atoms with Crippen LogP contribution in [0.25, 0.3) is 0 Å². The molecule has 4 heteroatoms. The lowest BCUT2D eigenvalue weighted by Gasteiger charge is -2.10. The molecular formula is C14H20N2O2. The maximum absolute atomic E-state index is 11.4. The van der Waals surface area contributed by atoms with Crippen molar-refractivity contribution >= 4 is 5.91 Å². The van der Waals surface area contributed by atoms with Crippen molar-refractivity contribution in [2.75, 3.05) is 6.61 Å². The maximum Gasteiger partial charge on any atom is 0.265 e. The molecule has 4 nitrogen and oxygen atoms in total. The Bertz CT molecular complexity index is 401. The molecule has 98 valence electrons. The number of nitrogens with one attached hydrogen (secondary N) is 1. The average Bonchev–Trinajstić information content (AvgIpc) is 2.91. The van der Waals surface area contributed by atoms with E-state index in [1.54, 1.807) is 6.07 Å². The second-order valence-corrected chi connectivity index (χ2v) is 4.84. The molecule has 0 aliphatic heterocycles. The molecule has 2 rings (SSSR count). The van der Waals surface area contributed by atoms with E-state index in [9.17, 15) is 4.79 Å². The van der Waals surface area contributed by atoms with Gasteiger partial charge in [0.1, 0.15) is 0 Å². The van der Waals surface area contributed by atoms with Gasteiger partial charge in [-0.1, -0.05) is 25.0 Å². The van der Waals surface area contributed by atoms with Crippen LogP contribution in [-0.4, -0.2) is 12.5 Å². The van der Waals surface area contributed by atoms with Crippen LogP contribution >= 0.6 is 0 Å². The Morgan fingerprint density at radius 1 is 1.39 bits per heavy atom. The molecule has 0 heterocycles. The van der Waals surface area contributed by atoms with Crippen molar-refractivity contribution in [3.8, 4) is 0 Å². The van der Waals surface area contributed by atoms with Crippen molar-refractivity contribution in [1.82, 2.24) is 5.43 Å². The van der Waals surface area contributed by atoms with E-state index < -0.39 is 0 Å². The fraction of sp³-hybridized carbons (Fsp3) is 0.500. The standard InChI is InChI=1S/C14H20N2O2/c15-16-14(17)13-7-3-6-12(8-13)10-18-9-11-4-1-2-5-11/h3,6-8,11H,1-2,4-5,9-10,15H2,(H,16,17). The Morgan fingerprint density at radius 2 is 2.17 bits per heavy atom. The Balaban J connectivity index is 1.83. The van der Waals surface area contributed by atoms with E-state index in [0.29, 0.717) is 12.2 Å². The highest BCUT2D eigenvalue weighted by molar-refractivity contribution is 5.93. The summed E-state index contributed by atoms with van der Waals surface area (Å²) in [5, 5.41) is 0. The largest absolute Gasteiger partial charge is 0.376 e. The Kier molecular flexibility index (Phi) is 4.73. The smallest absolute Gasteiger partial charge is 0.265 e. The Morgan fingerprint density at radius 3 is 2.89 bits per heavy atom. The van der Waals surface area contributed by atoms with Gasteiger partial charge in [-0.2, -0.15) is 0 Å². The van der Waals surface area contributed by atoms with Gasteiger partial charge >= 0.3 is 0 Å². The first-order chi connectivity index (χ1) is 8.79. The molecule has 0 spiro atoms. The lowest BCUT2D eigenvalue weighted by Crippen LogP contribution is -2.30. The molecule has 18 heavy (non-hydrogen) atoms. The number of nitrogen functional groups attached to an aromatic ring is 1. The Labute approximate surface area is 107 Å². The predicted octanol–water partition coefficient (Wildman–Crippen LogP) is 2.00. The zero-order valence-electron chi connectivity index (χ0n) is 10.5. The van der Waals surface area contributed by atoms with Crippen molar-refractivity contribution in [2.45, 2.75) is 32.3 Å². The minimum absolute atomic E-state index is 0.271. The molecule has 3 N–H and O–H groups in total. The molecular weight excluding hydrogens is 228 g/mol. The summed E-state index contributed by atoms with van der Waals surface area (Å²) in [6.07, 6.45) is 5.24. The second kappa shape index (κ2) is 6.52. The molecule has 1 fully saturated rings. The van der Waals surface area contributed by atoms with Crippen LogP contribution in [0, 0.1) is 5.92 Å². The van der Waals surface area contributed by atoms with E-state index in [0.717, 1.165) is 18.1 Å². The van der Waals surface area contributed by atoms with Gasteiger partial charge in [-0.05, 0) is 36.5 Å². The zero-order chi connectivity index (χ0) is 12.8. The van der Waals surface area contributed by atoms with Gasteiger partial charge < -0.3 is 4.74 Å². The third-order valence-electron chi connectivity index (χ3n) is 3.42. The van der Waals surface area contributed by atoms with Crippen LogP contribution in [0.15, 0.2) is 24.3 Å². The van der Waals surface area contributed by atoms with Gasteiger partial charge in [0.15, 0.2) is 0 Å². The highest BCUT2D eigenvalue weighted by Gasteiger charge is 2.14. The van der Waals surface area contributed by atoms with E-state index in [1.807, 2.05) is 18.2 Å². The first kappa shape index (κ1) is 13.1. The van der Waals surface area contributed by atoms with Gasteiger partial charge in [0, 0.05) is 12.2 Å². The fourth-order valence-electron chi connectivity index (χ4n) is 2.41. The first-order valence-corrected chi connectivity index (χ1v) is 6.47. The minimum Gasteiger partial charge on any atom is -0.376 e. The number of ether oxygens (including phenoxy) is 1. The summed E-state index contributed by atoms with van der Waals surface area (Å²) < 4.78 is 5.71. The highest BCUT2D eigenvalue weighted by atomic mass is 16.5. The SMILES string of the molecule is NNC(=O)c1cccc(COCC2CCCC2)c1. The lowest BCUT2D eigenvalue weighted by molar-refractivity contribution is 0.0886. The maximum atomic E-state index is 11.4. The molecule has 1 aromatic carbocycles. The number of carbonyl (C=O) groups is 1. The van der Waals surface area contributed by atoms with Crippen LogP contribution in [0.2, 0.25) is 0 Å². The Hall–Kier alpha value is -1.39. The second-order valence-electron chi connectivity index (χ2n) is 4.84. The summed E-state index contributed by atoms with van der Waals surface area (Å²) in [5.74, 6) is 5.56. The lowest BCUT2D eigenvalue weighted by atomic mass is 10.1. The van der Waals surface area contributed by atoms with Crippen LogP contribution in [0.1, 0.15) is 41.6 Å². The summed E-state index contributed by atoms with van der Waals surface area (Å²) in [4.78, 5) is 11.4. The molecule has 0 unspecified atom stereocenters. The molecule has 0 radical (unpaired) electrons.